The SMILES string of the molecule is CC(=O)N(CC(=O)N(C)CCc1ccncc1)C1CCCCCC1. The van der Waals surface area contributed by atoms with Gasteiger partial charge in [0.1, 0.15) is 0 Å². The van der Waals surface area contributed by atoms with Gasteiger partial charge in [-0.15, -0.1) is 0 Å². The second-order valence-electron chi connectivity index (χ2n) is 6.71. The van der Waals surface area contributed by atoms with E-state index in [0.29, 0.717) is 6.54 Å². The lowest BCUT2D eigenvalue weighted by atomic mass is 10.1. The van der Waals surface area contributed by atoms with E-state index in [1.54, 1.807) is 29.1 Å². The van der Waals surface area contributed by atoms with Crippen LogP contribution in [0.5, 0.6) is 0 Å². The van der Waals surface area contributed by atoms with Gasteiger partial charge in [0.15, 0.2) is 0 Å². The monoisotopic (exact) mass is 331 g/mol. The minimum atomic E-state index is 0.0118. The first kappa shape index (κ1) is 18.4. The molecule has 0 bridgehead atoms. The van der Waals surface area contributed by atoms with E-state index in [1.165, 1.54) is 12.8 Å². The van der Waals surface area contributed by atoms with E-state index >= 15 is 0 Å². The fourth-order valence-electron chi connectivity index (χ4n) is 3.30. The van der Waals surface area contributed by atoms with Crippen molar-refractivity contribution in [3.8, 4) is 0 Å². The minimum Gasteiger partial charge on any atom is -0.344 e. The van der Waals surface area contributed by atoms with Gasteiger partial charge in [0, 0.05) is 39.0 Å². The molecule has 0 aliphatic heterocycles. The quantitative estimate of drug-likeness (QED) is 0.753. The average molecular weight is 331 g/mol. The topological polar surface area (TPSA) is 53.5 Å². The summed E-state index contributed by atoms with van der Waals surface area (Å²) in [5, 5.41) is 0. The smallest absolute Gasteiger partial charge is 0.241 e. The number of nitrogens with zero attached hydrogens (tertiary/aromatic N) is 3. The Kier molecular flexibility index (Phi) is 7.22. The van der Waals surface area contributed by atoms with Gasteiger partial charge in [-0.05, 0) is 37.0 Å². The van der Waals surface area contributed by atoms with Gasteiger partial charge in [0.05, 0.1) is 6.54 Å². The Bertz CT molecular complexity index is 525. The van der Waals surface area contributed by atoms with Crippen LogP contribution in [0.3, 0.4) is 0 Å². The number of hydrogen-bond acceptors (Lipinski definition) is 3. The van der Waals surface area contributed by atoms with E-state index in [0.717, 1.165) is 37.7 Å². The van der Waals surface area contributed by atoms with Crippen LogP contribution in [-0.2, 0) is 16.0 Å². The molecule has 1 heterocycles. The van der Waals surface area contributed by atoms with Crippen LogP contribution >= 0.6 is 0 Å². The summed E-state index contributed by atoms with van der Waals surface area (Å²) in [5.41, 5.74) is 1.16. The highest BCUT2D eigenvalue weighted by molar-refractivity contribution is 5.83. The molecule has 0 unspecified atom stereocenters. The standard InChI is InChI=1S/C19H29N3O2/c1-16(23)22(18-7-5-3-4-6-8-18)15-19(24)21(2)14-11-17-9-12-20-13-10-17/h9-10,12-13,18H,3-8,11,14-15H2,1-2H3. The molecular formula is C19H29N3O2. The number of aromatic nitrogens is 1. The van der Waals surface area contributed by atoms with Gasteiger partial charge in [0.25, 0.3) is 0 Å². The molecule has 24 heavy (non-hydrogen) atoms. The van der Waals surface area contributed by atoms with Crippen molar-refractivity contribution in [1.29, 1.82) is 0 Å². The fourth-order valence-corrected chi connectivity index (χ4v) is 3.30. The zero-order valence-corrected chi connectivity index (χ0v) is 14.9. The first-order valence-corrected chi connectivity index (χ1v) is 8.98. The van der Waals surface area contributed by atoms with Gasteiger partial charge in [-0.1, -0.05) is 25.7 Å². The molecule has 0 N–H and O–H groups in total. The summed E-state index contributed by atoms with van der Waals surface area (Å²) in [4.78, 5) is 32.1. The van der Waals surface area contributed by atoms with Crippen molar-refractivity contribution in [3.63, 3.8) is 0 Å². The summed E-state index contributed by atoms with van der Waals surface area (Å²) in [6.45, 7) is 2.43. The summed E-state index contributed by atoms with van der Waals surface area (Å²) in [6, 6.07) is 4.15. The Labute approximate surface area is 145 Å². The van der Waals surface area contributed by atoms with Gasteiger partial charge < -0.3 is 9.80 Å². The second kappa shape index (κ2) is 9.40. The predicted octanol–water partition coefficient (Wildman–Crippen LogP) is 2.65. The third-order valence-corrected chi connectivity index (χ3v) is 4.89. The van der Waals surface area contributed by atoms with Crippen LogP contribution in [0, 0.1) is 0 Å². The number of rotatable bonds is 6. The second-order valence-corrected chi connectivity index (χ2v) is 6.71. The average Bonchev–Trinajstić information content (AvgIpc) is 2.87. The Morgan fingerprint density at radius 1 is 1.12 bits per heavy atom. The van der Waals surface area contributed by atoms with Crippen molar-refractivity contribution in [2.24, 2.45) is 0 Å². The number of carbonyl (C=O) groups excluding carboxylic acids is 2. The summed E-state index contributed by atoms with van der Waals surface area (Å²) in [6.07, 6.45) is 11.2. The van der Waals surface area contributed by atoms with Crippen LogP contribution in [0.4, 0.5) is 0 Å². The Balaban J connectivity index is 1.88. The highest BCUT2D eigenvalue weighted by atomic mass is 16.2. The van der Waals surface area contributed by atoms with Crippen molar-refractivity contribution < 1.29 is 9.59 Å². The van der Waals surface area contributed by atoms with Crippen LogP contribution in [-0.4, -0.2) is 52.8 Å². The van der Waals surface area contributed by atoms with Crippen LogP contribution in [0.25, 0.3) is 0 Å². The van der Waals surface area contributed by atoms with Gasteiger partial charge in [-0.3, -0.25) is 14.6 Å². The van der Waals surface area contributed by atoms with E-state index in [4.69, 9.17) is 0 Å². The number of hydrogen-bond donors (Lipinski definition) is 0. The number of carbonyl (C=O) groups is 2. The van der Waals surface area contributed by atoms with Gasteiger partial charge in [0.2, 0.25) is 11.8 Å². The zero-order chi connectivity index (χ0) is 17.4. The molecule has 132 valence electrons. The Morgan fingerprint density at radius 3 is 2.33 bits per heavy atom. The van der Waals surface area contributed by atoms with Crippen LogP contribution in [0.2, 0.25) is 0 Å². The van der Waals surface area contributed by atoms with E-state index in [-0.39, 0.29) is 24.4 Å². The van der Waals surface area contributed by atoms with Gasteiger partial charge in [-0.2, -0.15) is 0 Å². The molecule has 5 nitrogen and oxygen atoms in total. The molecule has 0 saturated heterocycles. The Hall–Kier alpha value is -1.91. The summed E-state index contributed by atoms with van der Waals surface area (Å²) in [7, 11) is 1.81. The van der Waals surface area contributed by atoms with Gasteiger partial charge >= 0.3 is 0 Å². The van der Waals surface area contributed by atoms with Crippen molar-refractivity contribution >= 4 is 11.8 Å². The maximum Gasteiger partial charge on any atom is 0.241 e. The molecule has 1 aliphatic carbocycles. The van der Waals surface area contributed by atoms with Crippen molar-refractivity contribution in [1.82, 2.24) is 14.8 Å². The molecule has 5 heteroatoms. The van der Waals surface area contributed by atoms with Crippen molar-refractivity contribution in [2.75, 3.05) is 20.1 Å². The Morgan fingerprint density at radius 2 is 1.75 bits per heavy atom. The van der Waals surface area contributed by atoms with Crippen LogP contribution < -0.4 is 0 Å². The number of likely N-dealkylation sites (N-methyl/N-ethyl adjacent to an activating group) is 1. The van der Waals surface area contributed by atoms with Crippen molar-refractivity contribution in [3.05, 3.63) is 30.1 Å². The summed E-state index contributed by atoms with van der Waals surface area (Å²) >= 11 is 0. The minimum absolute atomic E-state index is 0.0118. The van der Waals surface area contributed by atoms with Crippen LogP contribution in [0.15, 0.2) is 24.5 Å². The molecule has 0 spiro atoms. The molecule has 1 aromatic rings. The molecule has 1 saturated carbocycles. The first-order valence-electron chi connectivity index (χ1n) is 8.98. The summed E-state index contributed by atoms with van der Waals surface area (Å²) < 4.78 is 0. The first-order chi connectivity index (χ1) is 11.6. The highest BCUT2D eigenvalue weighted by Gasteiger charge is 2.25. The highest BCUT2D eigenvalue weighted by Crippen LogP contribution is 2.22. The maximum atomic E-state index is 12.5. The third-order valence-electron chi connectivity index (χ3n) is 4.89. The molecule has 1 aliphatic rings. The maximum absolute atomic E-state index is 12.5. The lowest BCUT2D eigenvalue weighted by Gasteiger charge is -2.31. The largest absolute Gasteiger partial charge is 0.344 e. The predicted molar refractivity (Wildman–Crippen MR) is 94.5 cm³/mol. The summed E-state index contributed by atoms with van der Waals surface area (Å²) in [5.74, 6) is 0.0290. The molecule has 1 aromatic heterocycles. The van der Waals surface area contributed by atoms with Crippen LogP contribution in [0.1, 0.15) is 51.0 Å². The molecule has 2 amide bonds. The molecule has 1 fully saturated rings. The number of pyridine rings is 1. The lowest BCUT2D eigenvalue weighted by Crippen LogP contribution is -2.46. The third kappa shape index (κ3) is 5.62. The molecular weight excluding hydrogens is 302 g/mol. The number of amides is 2. The normalized spacial score (nSPS) is 15.6. The lowest BCUT2D eigenvalue weighted by molar-refractivity contribution is -0.140. The zero-order valence-electron chi connectivity index (χ0n) is 14.9. The van der Waals surface area contributed by atoms with E-state index in [1.807, 2.05) is 19.2 Å². The molecule has 2 rings (SSSR count). The fraction of sp³-hybridized carbons (Fsp3) is 0.632. The van der Waals surface area contributed by atoms with Crippen molar-refractivity contribution in [2.45, 2.75) is 57.9 Å². The van der Waals surface area contributed by atoms with E-state index in [9.17, 15) is 9.59 Å². The molecule has 0 radical (unpaired) electrons. The van der Waals surface area contributed by atoms with Gasteiger partial charge in [-0.25, -0.2) is 0 Å². The molecule has 0 atom stereocenters. The molecule has 0 aromatic carbocycles. The van der Waals surface area contributed by atoms with E-state index < -0.39 is 0 Å². The van der Waals surface area contributed by atoms with E-state index in [2.05, 4.69) is 4.98 Å².